The first kappa shape index (κ1) is 15.0. The number of hydrogen-bond donors (Lipinski definition) is 2. The fourth-order valence-corrected chi connectivity index (χ4v) is 2.40. The molecule has 0 aliphatic carbocycles. The molecule has 1 amide bonds. The Morgan fingerprint density at radius 2 is 2.22 bits per heavy atom. The summed E-state index contributed by atoms with van der Waals surface area (Å²) in [7, 11) is 0. The monoisotopic (exact) mass is 256 g/mol. The molecular weight excluding hydrogens is 232 g/mol. The molecule has 5 nitrogen and oxygen atoms in total. The lowest BCUT2D eigenvalue weighted by Crippen LogP contribution is -2.46. The van der Waals surface area contributed by atoms with E-state index < -0.39 is 5.97 Å². The third-order valence-electron chi connectivity index (χ3n) is 3.15. The van der Waals surface area contributed by atoms with Crippen LogP contribution in [0.5, 0.6) is 0 Å². The maximum atomic E-state index is 12.0. The molecule has 0 aromatic carbocycles. The molecule has 1 rings (SSSR count). The molecule has 0 aromatic heterocycles. The van der Waals surface area contributed by atoms with Crippen molar-refractivity contribution in [1.29, 1.82) is 0 Å². The van der Waals surface area contributed by atoms with Crippen LogP contribution in [0.3, 0.4) is 0 Å². The van der Waals surface area contributed by atoms with Crippen LogP contribution in [0.2, 0.25) is 0 Å². The number of amides is 1. The average molecular weight is 256 g/mol. The number of aliphatic carboxylic acids is 1. The summed E-state index contributed by atoms with van der Waals surface area (Å²) in [5, 5.41) is 11.7. The molecule has 1 fully saturated rings. The minimum Gasteiger partial charge on any atom is -0.481 e. The Morgan fingerprint density at radius 3 is 2.78 bits per heavy atom. The summed E-state index contributed by atoms with van der Waals surface area (Å²) >= 11 is 0. The SMILES string of the molecule is CC(C)CN1CC(C)CNC(=O)C1CCC(=O)O. The van der Waals surface area contributed by atoms with E-state index in [1.807, 2.05) is 0 Å². The molecule has 0 bridgehead atoms. The van der Waals surface area contributed by atoms with Crippen molar-refractivity contribution in [2.75, 3.05) is 19.6 Å². The van der Waals surface area contributed by atoms with E-state index in [4.69, 9.17) is 5.11 Å². The molecule has 0 spiro atoms. The van der Waals surface area contributed by atoms with Crippen LogP contribution in [0, 0.1) is 11.8 Å². The number of hydrogen-bond acceptors (Lipinski definition) is 3. The maximum absolute atomic E-state index is 12.0. The highest BCUT2D eigenvalue weighted by Gasteiger charge is 2.30. The van der Waals surface area contributed by atoms with Gasteiger partial charge in [0.2, 0.25) is 5.91 Å². The van der Waals surface area contributed by atoms with Crippen molar-refractivity contribution in [2.45, 2.75) is 39.7 Å². The molecule has 2 N–H and O–H groups in total. The van der Waals surface area contributed by atoms with E-state index in [9.17, 15) is 9.59 Å². The van der Waals surface area contributed by atoms with Crippen LogP contribution in [0.25, 0.3) is 0 Å². The van der Waals surface area contributed by atoms with Crippen LogP contribution >= 0.6 is 0 Å². The number of nitrogens with zero attached hydrogens (tertiary/aromatic N) is 1. The van der Waals surface area contributed by atoms with E-state index in [1.54, 1.807) is 0 Å². The van der Waals surface area contributed by atoms with Crippen LogP contribution < -0.4 is 5.32 Å². The molecule has 0 aromatic rings. The summed E-state index contributed by atoms with van der Waals surface area (Å²) in [6, 6.07) is -0.298. The van der Waals surface area contributed by atoms with Gasteiger partial charge in [0.05, 0.1) is 6.04 Å². The quantitative estimate of drug-likeness (QED) is 0.768. The Hall–Kier alpha value is -1.10. The molecule has 104 valence electrons. The van der Waals surface area contributed by atoms with Crippen molar-refractivity contribution >= 4 is 11.9 Å². The number of rotatable bonds is 5. The van der Waals surface area contributed by atoms with Crippen LogP contribution in [-0.4, -0.2) is 47.6 Å². The summed E-state index contributed by atoms with van der Waals surface area (Å²) in [5.74, 6) is 0.00352. The van der Waals surface area contributed by atoms with Crippen LogP contribution in [-0.2, 0) is 9.59 Å². The fourth-order valence-electron chi connectivity index (χ4n) is 2.40. The second kappa shape index (κ2) is 6.73. The van der Waals surface area contributed by atoms with Crippen molar-refractivity contribution in [3.8, 4) is 0 Å². The molecular formula is C13H24N2O3. The van der Waals surface area contributed by atoms with Gasteiger partial charge in [0.15, 0.2) is 0 Å². The number of nitrogens with one attached hydrogen (secondary N) is 1. The predicted molar refractivity (Wildman–Crippen MR) is 69.2 cm³/mol. The summed E-state index contributed by atoms with van der Waals surface area (Å²) in [4.78, 5) is 24.8. The molecule has 1 heterocycles. The van der Waals surface area contributed by atoms with E-state index in [0.717, 1.165) is 13.1 Å². The molecule has 0 saturated carbocycles. The Bertz CT molecular complexity index is 305. The predicted octanol–water partition coefficient (Wildman–Crippen LogP) is 0.944. The van der Waals surface area contributed by atoms with Gasteiger partial charge in [-0.05, 0) is 18.3 Å². The minimum absolute atomic E-state index is 0.0266. The third-order valence-corrected chi connectivity index (χ3v) is 3.15. The Balaban J connectivity index is 2.74. The van der Waals surface area contributed by atoms with Crippen molar-refractivity contribution < 1.29 is 14.7 Å². The number of carbonyl (C=O) groups is 2. The highest BCUT2D eigenvalue weighted by Crippen LogP contribution is 2.16. The molecule has 1 aliphatic heterocycles. The number of carboxylic acid groups (broad SMARTS) is 1. The van der Waals surface area contributed by atoms with Crippen LogP contribution in [0.4, 0.5) is 0 Å². The van der Waals surface area contributed by atoms with Crippen molar-refractivity contribution in [3.05, 3.63) is 0 Å². The Morgan fingerprint density at radius 1 is 1.56 bits per heavy atom. The third kappa shape index (κ3) is 4.64. The number of carbonyl (C=O) groups excluding carboxylic acids is 1. The summed E-state index contributed by atoms with van der Waals surface area (Å²) < 4.78 is 0. The van der Waals surface area contributed by atoms with E-state index >= 15 is 0 Å². The first-order valence-corrected chi connectivity index (χ1v) is 6.63. The van der Waals surface area contributed by atoms with E-state index in [1.165, 1.54) is 0 Å². The van der Waals surface area contributed by atoms with E-state index in [-0.39, 0.29) is 18.4 Å². The Kier molecular flexibility index (Phi) is 5.59. The molecule has 1 aliphatic rings. The van der Waals surface area contributed by atoms with Crippen molar-refractivity contribution in [1.82, 2.24) is 10.2 Å². The normalized spacial score (nSPS) is 25.9. The fraction of sp³-hybridized carbons (Fsp3) is 0.846. The van der Waals surface area contributed by atoms with Crippen molar-refractivity contribution in [2.24, 2.45) is 11.8 Å². The van der Waals surface area contributed by atoms with Gasteiger partial charge in [0.25, 0.3) is 0 Å². The molecule has 0 radical (unpaired) electrons. The van der Waals surface area contributed by atoms with Gasteiger partial charge in [-0.1, -0.05) is 20.8 Å². The molecule has 2 atom stereocenters. The largest absolute Gasteiger partial charge is 0.481 e. The Labute approximate surface area is 109 Å². The molecule has 2 unspecified atom stereocenters. The lowest BCUT2D eigenvalue weighted by molar-refractivity contribution is -0.137. The van der Waals surface area contributed by atoms with Crippen LogP contribution in [0.15, 0.2) is 0 Å². The molecule has 5 heteroatoms. The van der Waals surface area contributed by atoms with Gasteiger partial charge in [-0.3, -0.25) is 14.5 Å². The minimum atomic E-state index is -0.843. The van der Waals surface area contributed by atoms with E-state index in [2.05, 4.69) is 31.0 Å². The van der Waals surface area contributed by atoms with Gasteiger partial charge in [0.1, 0.15) is 0 Å². The lowest BCUT2D eigenvalue weighted by Gasteiger charge is -2.30. The zero-order valence-electron chi connectivity index (χ0n) is 11.5. The van der Waals surface area contributed by atoms with Gasteiger partial charge >= 0.3 is 5.97 Å². The first-order valence-electron chi connectivity index (χ1n) is 6.63. The average Bonchev–Trinajstić information content (AvgIpc) is 2.36. The smallest absolute Gasteiger partial charge is 0.303 e. The zero-order chi connectivity index (χ0) is 13.7. The first-order chi connectivity index (χ1) is 8.40. The topological polar surface area (TPSA) is 69.6 Å². The van der Waals surface area contributed by atoms with Crippen LogP contribution in [0.1, 0.15) is 33.6 Å². The van der Waals surface area contributed by atoms with Gasteiger partial charge in [-0.2, -0.15) is 0 Å². The standard InChI is InChI=1S/C13H24N2O3/c1-9(2)7-15-8-10(3)6-14-13(18)11(15)4-5-12(16)17/h9-11H,4-8H2,1-3H3,(H,14,18)(H,16,17). The number of carboxylic acids is 1. The summed E-state index contributed by atoms with van der Waals surface area (Å²) in [6.07, 6.45) is 0.432. The van der Waals surface area contributed by atoms with Gasteiger partial charge < -0.3 is 10.4 Å². The lowest BCUT2D eigenvalue weighted by atomic mass is 10.1. The summed E-state index contributed by atoms with van der Waals surface area (Å²) in [5.41, 5.74) is 0. The second-order valence-corrected chi connectivity index (χ2v) is 5.65. The van der Waals surface area contributed by atoms with Crippen molar-refractivity contribution in [3.63, 3.8) is 0 Å². The second-order valence-electron chi connectivity index (χ2n) is 5.65. The summed E-state index contributed by atoms with van der Waals surface area (Å²) in [6.45, 7) is 8.69. The van der Waals surface area contributed by atoms with Gasteiger partial charge in [-0.25, -0.2) is 0 Å². The maximum Gasteiger partial charge on any atom is 0.303 e. The highest BCUT2D eigenvalue weighted by molar-refractivity contribution is 5.82. The zero-order valence-corrected chi connectivity index (χ0v) is 11.5. The van der Waals surface area contributed by atoms with Gasteiger partial charge in [-0.15, -0.1) is 0 Å². The molecule has 1 saturated heterocycles. The van der Waals surface area contributed by atoms with Gasteiger partial charge in [0, 0.05) is 26.1 Å². The molecule has 18 heavy (non-hydrogen) atoms. The highest BCUT2D eigenvalue weighted by atomic mass is 16.4. The van der Waals surface area contributed by atoms with E-state index in [0.29, 0.717) is 24.8 Å².